The third-order valence-corrected chi connectivity index (χ3v) is 3.27. The number of halogens is 1. The lowest BCUT2D eigenvalue weighted by atomic mass is 10.1. The number of aromatic nitrogens is 1. The van der Waals surface area contributed by atoms with E-state index in [0.29, 0.717) is 13.1 Å². The fourth-order valence-corrected chi connectivity index (χ4v) is 2.43. The molecular weight excluding hydrogens is 239 g/mol. The van der Waals surface area contributed by atoms with Crippen molar-refractivity contribution in [1.29, 1.82) is 0 Å². The highest BCUT2D eigenvalue weighted by Crippen LogP contribution is 2.20. The predicted molar refractivity (Wildman–Crippen MR) is 67.6 cm³/mol. The van der Waals surface area contributed by atoms with Gasteiger partial charge in [-0.2, -0.15) is 0 Å². The number of rotatable bonds is 4. The van der Waals surface area contributed by atoms with Gasteiger partial charge in [-0.3, -0.25) is 9.36 Å². The fourth-order valence-electron chi connectivity index (χ4n) is 1.64. The zero-order valence-corrected chi connectivity index (χ0v) is 10.0. The van der Waals surface area contributed by atoms with Crippen LogP contribution < -0.4 is 10.6 Å². The Morgan fingerprint density at radius 3 is 2.65 bits per heavy atom. The molecule has 0 aliphatic rings. The second-order valence-corrected chi connectivity index (χ2v) is 4.51. The van der Waals surface area contributed by atoms with E-state index in [1.54, 1.807) is 22.1 Å². The molecule has 0 bridgehead atoms. The van der Waals surface area contributed by atoms with E-state index in [9.17, 15) is 9.18 Å². The van der Waals surface area contributed by atoms with Crippen LogP contribution in [0.2, 0.25) is 0 Å². The maximum Gasteiger partial charge on any atom is 0.307 e. The van der Waals surface area contributed by atoms with Gasteiger partial charge in [0.1, 0.15) is 5.82 Å². The summed E-state index contributed by atoms with van der Waals surface area (Å²) in [5.74, 6) is -0.278. The smallest absolute Gasteiger partial charge is 0.307 e. The van der Waals surface area contributed by atoms with Crippen LogP contribution >= 0.6 is 11.3 Å². The summed E-state index contributed by atoms with van der Waals surface area (Å²) in [5, 5.41) is 1.80. The molecule has 5 heteroatoms. The van der Waals surface area contributed by atoms with E-state index >= 15 is 0 Å². The average Bonchev–Trinajstić information content (AvgIpc) is 2.69. The van der Waals surface area contributed by atoms with Crippen molar-refractivity contribution in [2.24, 2.45) is 5.73 Å². The van der Waals surface area contributed by atoms with Gasteiger partial charge in [0, 0.05) is 11.9 Å². The highest BCUT2D eigenvalue weighted by molar-refractivity contribution is 7.07. The van der Waals surface area contributed by atoms with Gasteiger partial charge in [0.15, 0.2) is 0 Å². The van der Waals surface area contributed by atoms with Crippen molar-refractivity contribution in [3.8, 4) is 11.3 Å². The summed E-state index contributed by atoms with van der Waals surface area (Å²) in [6.45, 7) is 1.15. The Kier molecular flexibility index (Phi) is 3.71. The number of hydrogen-bond acceptors (Lipinski definition) is 3. The second kappa shape index (κ2) is 5.25. The summed E-state index contributed by atoms with van der Waals surface area (Å²) >= 11 is 1.15. The van der Waals surface area contributed by atoms with Crippen LogP contribution in [-0.2, 0) is 6.54 Å². The highest BCUT2D eigenvalue weighted by atomic mass is 32.1. The van der Waals surface area contributed by atoms with Crippen molar-refractivity contribution in [2.75, 3.05) is 6.54 Å². The molecule has 0 spiro atoms. The Hall–Kier alpha value is -1.46. The topological polar surface area (TPSA) is 48.0 Å². The Morgan fingerprint density at radius 1 is 1.29 bits per heavy atom. The minimum Gasteiger partial charge on any atom is -0.330 e. The molecule has 0 fully saturated rings. The van der Waals surface area contributed by atoms with Crippen LogP contribution in [0.5, 0.6) is 0 Å². The van der Waals surface area contributed by atoms with Crippen molar-refractivity contribution in [3.63, 3.8) is 0 Å². The lowest BCUT2D eigenvalue weighted by Crippen LogP contribution is -2.16. The normalized spacial score (nSPS) is 10.7. The Balaban J connectivity index is 2.38. The monoisotopic (exact) mass is 252 g/mol. The first-order valence-corrected chi connectivity index (χ1v) is 6.24. The molecule has 0 aliphatic carbocycles. The van der Waals surface area contributed by atoms with Gasteiger partial charge in [-0.15, -0.1) is 0 Å². The van der Waals surface area contributed by atoms with Gasteiger partial charge in [0.05, 0.1) is 5.69 Å². The molecule has 0 atom stereocenters. The first-order valence-electron chi connectivity index (χ1n) is 5.36. The fraction of sp³-hybridized carbons (Fsp3) is 0.250. The summed E-state index contributed by atoms with van der Waals surface area (Å²) in [7, 11) is 0. The largest absolute Gasteiger partial charge is 0.330 e. The molecule has 3 nitrogen and oxygen atoms in total. The molecule has 0 radical (unpaired) electrons. The maximum absolute atomic E-state index is 12.8. The predicted octanol–water partition coefficient (Wildman–Crippen LogP) is 2.06. The van der Waals surface area contributed by atoms with Crippen LogP contribution in [0.15, 0.2) is 34.4 Å². The van der Waals surface area contributed by atoms with Crippen molar-refractivity contribution < 1.29 is 4.39 Å². The lowest BCUT2D eigenvalue weighted by molar-refractivity contribution is 0.627. The van der Waals surface area contributed by atoms with E-state index in [-0.39, 0.29) is 10.7 Å². The lowest BCUT2D eigenvalue weighted by Gasteiger charge is -2.06. The van der Waals surface area contributed by atoms with E-state index < -0.39 is 0 Å². The van der Waals surface area contributed by atoms with Crippen molar-refractivity contribution >= 4 is 11.3 Å². The molecular formula is C12H13FN2OS. The van der Waals surface area contributed by atoms with Gasteiger partial charge in [-0.25, -0.2) is 4.39 Å². The minimum atomic E-state index is -0.278. The second-order valence-electron chi connectivity index (χ2n) is 3.69. The minimum absolute atomic E-state index is 0.00206. The van der Waals surface area contributed by atoms with E-state index in [1.165, 1.54) is 12.1 Å². The summed E-state index contributed by atoms with van der Waals surface area (Å²) in [5.41, 5.74) is 7.12. The van der Waals surface area contributed by atoms with Crippen LogP contribution in [-0.4, -0.2) is 11.1 Å². The van der Waals surface area contributed by atoms with Crippen molar-refractivity contribution in [2.45, 2.75) is 13.0 Å². The number of nitrogens with two attached hydrogens (primary N) is 1. The molecule has 0 saturated heterocycles. The van der Waals surface area contributed by atoms with Gasteiger partial charge in [0.2, 0.25) is 0 Å². The number of benzene rings is 1. The molecule has 2 N–H and O–H groups in total. The van der Waals surface area contributed by atoms with E-state index in [0.717, 1.165) is 29.0 Å². The molecule has 1 heterocycles. The molecule has 1 aromatic carbocycles. The highest BCUT2D eigenvalue weighted by Gasteiger charge is 2.08. The quantitative estimate of drug-likeness (QED) is 0.905. The maximum atomic E-state index is 12.8. The Morgan fingerprint density at radius 2 is 2.00 bits per heavy atom. The van der Waals surface area contributed by atoms with E-state index in [2.05, 4.69) is 0 Å². The van der Waals surface area contributed by atoms with Crippen LogP contribution in [0.4, 0.5) is 4.39 Å². The third kappa shape index (κ3) is 2.62. The average molecular weight is 252 g/mol. The number of thiazole rings is 1. The SMILES string of the molecule is NCCCn1c(-c2ccc(F)cc2)csc1=O. The number of hydrogen-bond donors (Lipinski definition) is 1. The standard InChI is InChI=1S/C12H13FN2OS/c13-10-4-2-9(3-5-10)11-8-17-12(16)15(11)7-1-6-14/h2-5,8H,1,6-7,14H2. The molecule has 0 amide bonds. The molecule has 0 aliphatic heterocycles. The summed E-state index contributed by atoms with van der Waals surface area (Å²) in [6, 6.07) is 6.14. The molecule has 17 heavy (non-hydrogen) atoms. The van der Waals surface area contributed by atoms with Gasteiger partial charge < -0.3 is 5.73 Å². The summed E-state index contributed by atoms with van der Waals surface area (Å²) < 4.78 is 14.5. The van der Waals surface area contributed by atoms with Crippen molar-refractivity contribution in [3.05, 3.63) is 45.1 Å². The molecule has 90 valence electrons. The first kappa shape index (κ1) is 12.0. The van der Waals surface area contributed by atoms with Crippen LogP contribution in [0.1, 0.15) is 6.42 Å². The molecule has 1 aromatic heterocycles. The van der Waals surface area contributed by atoms with E-state index in [4.69, 9.17) is 5.73 Å². The van der Waals surface area contributed by atoms with Crippen LogP contribution in [0.25, 0.3) is 11.3 Å². The molecule has 2 aromatic rings. The summed E-state index contributed by atoms with van der Waals surface area (Å²) in [6.07, 6.45) is 0.755. The number of nitrogens with zero attached hydrogens (tertiary/aromatic N) is 1. The van der Waals surface area contributed by atoms with Crippen LogP contribution in [0.3, 0.4) is 0 Å². The van der Waals surface area contributed by atoms with Gasteiger partial charge in [0.25, 0.3) is 0 Å². The molecule has 0 unspecified atom stereocenters. The van der Waals surface area contributed by atoms with Crippen molar-refractivity contribution in [1.82, 2.24) is 4.57 Å². The van der Waals surface area contributed by atoms with Gasteiger partial charge >= 0.3 is 4.87 Å². The third-order valence-electron chi connectivity index (χ3n) is 2.51. The first-order chi connectivity index (χ1) is 8.22. The molecule has 0 saturated carbocycles. The Labute approximate surface area is 102 Å². The molecule has 2 rings (SSSR count). The zero-order chi connectivity index (χ0) is 12.3. The van der Waals surface area contributed by atoms with Gasteiger partial charge in [-0.1, -0.05) is 11.3 Å². The Bertz CT molecular complexity index is 544. The zero-order valence-electron chi connectivity index (χ0n) is 9.23. The van der Waals surface area contributed by atoms with Crippen LogP contribution in [0, 0.1) is 5.82 Å². The van der Waals surface area contributed by atoms with Gasteiger partial charge in [-0.05, 0) is 42.8 Å². The van der Waals surface area contributed by atoms with E-state index in [1.807, 2.05) is 0 Å². The summed E-state index contributed by atoms with van der Waals surface area (Å²) in [4.78, 5) is 11.7.